The second kappa shape index (κ2) is 9.62. The molecule has 150 valence electrons. The van der Waals surface area contributed by atoms with Crippen LogP contribution in [0.25, 0.3) is 0 Å². The van der Waals surface area contributed by atoms with Gasteiger partial charge in [0.2, 0.25) is 10.0 Å². The molecule has 0 unspecified atom stereocenters. The van der Waals surface area contributed by atoms with Crippen molar-refractivity contribution in [2.24, 2.45) is 0 Å². The highest BCUT2D eigenvalue weighted by Crippen LogP contribution is 2.17. The van der Waals surface area contributed by atoms with E-state index in [2.05, 4.69) is 31.5 Å². The molecule has 0 aliphatic carbocycles. The molecule has 0 bridgehead atoms. The van der Waals surface area contributed by atoms with E-state index in [0.717, 1.165) is 28.7 Å². The molecule has 3 N–H and O–H groups in total. The summed E-state index contributed by atoms with van der Waals surface area (Å²) in [6, 6.07) is 9.78. The van der Waals surface area contributed by atoms with Crippen molar-refractivity contribution < 1.29 is 27.1 Å². The monoisotopic (exact) mass is 473 g/mol. The standard InChI is InChI=1S/C17H17BrFN3O5S/c1-11(22-28(25,26)15-7-5-13(19)6-8-15)17(24)21-20-16(23)10-27-14-4-2-3-12(18)9-14/h2-9,11,22H,10H2,1H3,(H,20,23)(H,21,24)/t11-/m1/s1. The van der Waals surface area contributed by atoms with E-state index in [9.17, 15) is 22.4 Å². The number of carbonyl (C=O) groups excluding carboxylic acids is 2. The summed E-state index contributed by atoms with van der Waals surface area (Å²) >= 11 is 3.27. The van der Waals surface area contributed by atoms with Crippen molar-refractivity contribution >= 4 is 37.8 Å². The molecule has 8 nitrogen and oxygen atoms in total. The van der Waals surface area contributed by atoms with Crippen LogP contribution in [0.5, 0.6) is 5.75 Å². The van der Waals surface area contributed by atoms with Gasteiger partial charge in [0.05, 0.1) is 10.9 Å². The Morgan fingerprint density at radius 1 is 1.14 bits per heavy atom. The van der Waals surface area contributed by atoms with Crippen LogP contribution >= 0.6 is 15.9 Å². The van der Waals surface area contributed by atoms with Crippen molar-refractivity contribution in [2.45, 2.75) is 17.9 Å². The molecule has 2 aromatic carbocycles. The second-order valence-electron chi connectivity index (χ2n) is 5.58. The van der Waals surface area contributed by atoms with Gasteiger partial charge in [-0.3, -0.25) is 20.4 Å². The molecule has 0 spiro atoms. The zero-order valence-corrected chi connectivity index (χ0v) is 17.0. The number of amides is 2. The smallest absolute Gasteiger partial charge is 0.276 e. The third kappa shape index (κ3) is 6.59. The Balaban J connectivity index is 1.81. The van der Waals surface area contributed by atoms with E-state index < -0.39 is 33.7 Å². The summed E-state index contributed by atoms with van der Waals surface area (Å²) in [6.45, 7) is 0.937. The largest absolute Gasteiger partial charge is 0.484 e. The van der Waals surface area contributed by atoms with E-state index in [1.54, 1.807) is 24.3 Å². The minimum atomic E-state index is -4.03. The molecule has 0 saturated heterocycles. The number of halogens is 2. The van der Waals surface area contributed by atoms with Crippen LogP contribution < -0.4 is 20.3 Å². The average molecular weight is 474 g/mol. The van der Waals surface area contributed by atoms with E-state index in [1.807, 2.05) is 0 Å². The lowest BCUT2D eigenvalue weighted by Gasteiger charge is -2.15. The zero-order chi connectivity index (χ0) is 20.7. The Kier molecular flexibility index (Phi) is 7.49. The fourth-order valence-corrected chi connectivity index (χ4v) is 3.53. The summed E-state index contributed by atoms with van der Waals surface area (Å²) < 4.78 is 45.4. The van der Waals surface area contributed by atoms with Crippen LogP contribution in [0.1, 0.15) is 6.92 Å². The van der Waals surface area contributed by atoms with Crippen molar-refractivity contribution in [1.82, 2.24) is 15.6 Å². The predicted molar refractivity (Wildman–Crippen MR) is 102 cm³/mol. The average Bonchev–Trinajstić information content (AvgIpc) is 2.64. The number of rotatable bonds is 7. The quantitative estimate of drug-likeness (QED) is 0.527. The van der Waals surface area contributed by atoms with Gasteiger partial charge in [-0.05, 0) is 49.4 Å². The molecule has 0 aromatic heterocycles. The maximum atomic E-state index is 12.9. The molecule has 0 heterocycles. The molecule has 0 aliphatic heterocycles. The molecule has 0 radical (unpaired) electrons. The number of nitrogens with one attached hydrogen (secondary N) is 3. The number of hydrogen-bond acceptors (Lipinski definition) is 5. The van der Waals surface area contributed by atoms with Crippen LogP contribution in [-0.4, -0.2) is 32.9 Å². The lowest BCUT2D eigenvalue weighted by molar-refractivity contribution is -0.130. The van der Waals surface area contributed by atoms with Crippen LogP contribution in [0.2, 0.25) is 0 Å². The first-order chi connectivity index (χ1) is 13.2. The van der Waals surface area contributed by atoms with Gasteiger partial charge in [-0.1, -0.05) is 22.0 Å². The minimum Gasteiger partial charge on any atom is -0.484 e. The molecule has 2 aromatic rings. The summed E-state index contributed by atoms with van der Waals surface area (Å²) in [4.78, 5) is 23.5. The number of hydrazine groups is 1. The lowest BCUT2D eigenvalue weighted by Crippen LogP contribution is -2.51. The van der Waals surface area contributed by atoms with Crippen LogP contribution in [-0.2, 0) is 19.6 Å². The number of hydrogen-bond donors (Lipinski definition) is 3. The summed E-state index contributed by atoms with van der Waals surface area (Å²) in [5.74, 6) is -1.56. The normalized spacial score (nSPS) is 12.1. The van der Waals surface area contributed by atoms with Gasteiger partial charge in [-0.25, -0.2) is 12.8 Å². The Bertz CT molecular complexity index is 954. The van der Waals surface area contributed by atoms with Crippen LogP contribution in [0.15, 0.2) is 57.9 Å². The maximum Gasteiger partial charge on any atom is 0.276 e. The van der Waals surface area contributed by atoms with Gasteiger partial charge in [0, 0.05) is 4.47 Å². The van der Waals surface area contributed by atoms with Crippen molar-refractivity contribution in [1.29, 1.82) is 0 Å². The van der Waals surface area contributed by atoms with Gasteiger partial charge in [0.1, 0.15) is 11.6 Å². The van der Waals surface area contributed by atoms with Crippen LogP contribution in [0.3, 0.4) is 0 Å². The van der Waals surface area contributed by atoms with Crippen molar-refractivity contribution in [3.63, 3.8) is 0 Å². The molecule has 11 heteroatoms. The van der Waals surface area contributed by atoms with Crippen molar-refractivity contribution in [3.8, 4) is 5.75 Å². The van der Waals surface area contributed by atoms with Crippen molar-refractivity contribution in [2.75, 3.05) is 6.61 Å². The fraction of sp³-hybridized carbons (Fsp3) is 0.176. The Hall–Kier alpha value is -2.50. The first kappa shape index (κ1) is 21.8. The van der Waals surface area contributed by atoms with E-state index in [1.165, 1.54) is 6.92 Å². The first-order valence-corrected chi connectivity index (χ1v) is 10.2. The predicted octanol–water partition coefficient (Wildman–Crippen LogP) is 1.48. The van der Waals surface area contributed by atoms with E-state index in [-0.39, 0.29) is 11.5 Å². The molecule has 0 fully saturated rings. The van der Waals surface area contributed by atoms with E-state index in [4.69, 9.17) is 4.74 Å². The number of sulfonamides is 1. The highest BCUT2D eigenvalue weighted by molar-refractivity contribution is 9.10. The molecular weight excluding hydrogens is 457 g/mol. The van der Waals surface area contributed by atoms with E-state index >= 15 is 0 Å². The number of carbonyl (C=O) groups is 2. The van der Waals surface area contributed by atoms with E-state index in [0.29, 0.717) is 5.75 Å². The molecule has 0 aliphatic rings. The number of benzene rings is 2. The third-order valence-electron chi connectivity index (χ3n) is 3.34. The van der Waals surface area contributed by atoms with Crippen molar-refractivity contribution in [3.05, 3.63) is 58.8 Å². The fourth-order valence-electron chi connectivity index (χ4n) is 1.95. The summed E-state index contributed by atoms with van der Waals surface area (Å²) in [6.07, 6.45) is 0. The lowest BCUT2D eigenvalue weighted by atomic mass is 10.3. The van der Waals surface area contributed by atoms with Gasteiger partial charge in [-0.2, -0.15) is 4.72 Å². The molecule has 2 amide bonds. The highest BCUT2D eigenvalue weighted by atomic mass is 79.9. The third-order valence-corrected chi connectivity index (χ3v) is 5.39. The second-order valence-corrected chi connectivity index (χ2v) is 8.21. The maximum absolute atomic E-state index is 12.9. The topological polar surface area (TPSA) is 114 Å². The Labute approximate surface area is 169 Å². The Morgan fingerprint density at radius 3 is 2.46 bits per heavy atom. The van der Waals surface area contributed by atoms with Gasteiger partial charge < -0.3 is 4.74 Å². The molecule has 28 heavy (non-hydrogen) atoms. The van der Waals surface area contributed by atoms with Crippen LogP contribution in [0, 0.1) is 5.82 Å². The highest BCUT2D eigenvalue weighted by Gasteiger charge is 2.22. The molecule has 2 rings (SSSR count). The zero-order valence-electron chi connectivity index (χ0n) is 14.6. The van der Waals surface area contributed by atoms with Gasteiger partial charge >= 0.3 is 0 Å². The summed E-state index contributed by atoms with van der Waals surface area (Å²) in [5, 5.41) is 0. The molecule has 0 saturated carbocycles. The summed E-state index contributed by atoms with van der Waals surface area (Å²) in [7, 11) is -4.03. The minimum absolute atomic E-state index is 0.194. The molecular formula is C17H17BrFN3O5S. The first-order valence-electron chi connectivity index (χ1n) is 7.92. The Morgan fingerprint density at radius 2 is 1.82 bits per heavy atom. The van der Waals surface area contributed by atoms with Gasteiger partial charge in [0.15, 0.2) is 6.61 Å². The van der Waals surface area contributed by atoms with Gasteiger partial charge in [-0.15, -0.1) is 0 Å². The number of ether oxygens (including phenoxy) is 1. The summed E-state index contributed by atoms with van der Waals surface area (Å²) in [5.41, 5.74) is 4.22. The molecule has 1 atom stereocenters. The van der Waals surface area contributed by atoms with Crippen LogP contribution in [0.4, 0.5) is 4.39 Å². The van der Waals surface area contributed by atoms with Gasteiger partial charge in [0.25, 0.3) is 11.8 Å². The SMILES string of the molecule is C[C@@H](NS(=O)(=O)c1ccc(F)cc1)C(=O)NNC(=O)COc1cccc(Br)c1.